The van der Waals surface area contributed by atoms with E-state index in [1.807, 2.05) is 79.8 Å². The smallest absolute Gasteiger partial charge is 0.347 e. The number of hydrogen-bond donors (Lipinski definition) is 2. The van der Waals surface area contributed by atoms with Gasteiger partial charge in [0.2, 0.25) is 16.3 Å². The molecular formula is C78H76N18O12S10. The lowest BCUT2D eigenvalue weighted by atomic mass is 10.2. The van der Waals surface area contributed by atoms with Crippen molar-refractivity contribution >= 4 is 180 Å². The van der Waals surface area contributed by atoms with Crippen LogP contribution >= 0.6 is 113 Å². The fourth-order valence-electron chi connectivity index (χ4n) is 9.67. The SMILES string of the molecule is CNc1ncc(-c2nc(CCC=O)cs2)s1.COC=Nc1ncc(-c2nc(CCC=O)cs2)s1.COc1ncc(-c2nc(CCC=O)cs2)s1.Cn1cc(-c2nc(CCC=O)cs2)ccc1=O.Cn1cc(-c2nc(CCC=O)cs2)cnc1=O.O=CCCc1csc(-c2ccc(=O)[nH]c2)n1.O=CCCc1csc(-c2ccc3nccn3c2)n1. The van der Waals surface area contributed by atoms with E-state index < -0.39 is 0 Å². The normalized spacial score (nSPS) is 10.5. The van der Waals surface area contributed by atoms with E-state index in [0.29, 0.717) is 93.8 Å². The highest BCUT2D eigenvalue weighted by Crippen LogP contribution is 2.36. The quantitative estimate of drug-likeness (QED) is 0.0225. The second-order valence-electron chi connectivity index (χ2n) is 24.1. The maximum absolute atomic E-state index is 11.3. The molecule has 0 atom stereocenters. The van der Waals surface area contributed by atoms with E-state index in [2.05, 4.69) is 75.1 Å². The Hall–Kier alpha value is -11.5. The van der Waals surface area contributed by atoms with Gasteiger partial charge in [-0.05, 0) is 69.2 Å². The Morgan fingerprint density at radius 1 is 0.432 bits per heavy atom. The average Bonchev–Trinajstić information content (AvgIpc) is 1.70. The molecule has 0 saturated carbocycles. The van der Waals surface area contributed by atoms with Gasteiger partial charge in [0.15, 0.2) is 11.5 Å². The van der Waals surface area contributed by atoms with Gasteiger partial charge in [0.05, 0.1) is 87.3 Å². The lowest BCUT2D eigenvalue weighted by Gasteiger charge is -1.99. The van der Waals surface area contributed by atoms with E-state index in [1.54, 1.807) is 127 Å². The molecule has 30 nitrogen and oxygen atoms in total. The van der Waals surface area contributed by atoms with Crippen molar-refractivity contribution in [3.8, 4) is 77.1 Å². The number of aldehydes is 7. The van der Waals surface area contributed by atoms with Gasteiger partial charge in [-0.15, -0.1) is 79.4 Å². The fraction of sp³-hybridized carbons (Fsp3) is 0.244. The summed E-state index contributed by atoms with van der Waals surface area (Å²) in [6.07, 6.45) is 33.7. The van der Waals surface area contributed by atoms with Crippen molar-refractivity contribution < 1.29 is 43.0 Å². The molecule has 2 N–H and O–H groups in total. The fourth-order valence-corrected chi connectivity index (χ4v) is 18.0. The second-order valence-corrected chi connectivity index (χ2v) is 33.1. The van der Waals surface area contributed by atoms with Crippen molar-refractivity contribution in [2.75, 3.05) is 26.6 Å². The molecular weight excluding hydrogens is 1700 g/mol. The predicted octanol–water partition coefficient (Wildman–Crippen LogP) is 14.4. The minimum absolute atomic E-state index is 0.0357. The number of rotatable bonds is 32. The molecule has 610 valence electrons. The number of aryl methyl sites for hydroxylation is 9. The van der Waals surface area contributed by atoms with Gasteiger partial charge in [0.1, 0.15) is 84.7 Å². The van der Waals surface area contributed by atoms with E-state index in [9.17, 15) is 47.9 Å². The van der Waals surface area contributed by atoms with Gasteiger partial charge < -0.3 is 66.9 Å². The molecule has 40 heteroatoms. The highest BCUT2D eigenvalue weighted by Gasteiger charge is 2.15. The zero-order chi connectivity index (χ0) is 83.8. The van der Waals surface area contributed by atoms with E-state index in [1.165, 1.54) is 97.7 Å². The van der Waals surface area contributed by atoms with E-state index in [0.717, 1.165) is 173 Å². The third-order valence-corrected chi connectivity index (χ3v) is 25.3. The Morgan fingerprint density at radius 2 is 0.839 bits per heavy atom. The molecule has 0 saturated heterocycles. The van der Waals surface area contributed by atoms with Gasteiger partial charge in [0.25, 0.3) is 5.19 Å². The Kier molecular flexibility index (Phi) is 37.5. The van der Waals surface area contributed by atoms with Crippen LogP contribution in [0.3, 0.4) is 0 Å². The van der Waals surface area contributed by atoms with Crippen LogP contribution in [0, 0.1) is 0 Å². The number of nitrogens with one attached hydrogen (secondary N) is 2. The van der Waals surface area contributed by atoms with Gasteiger partial charge in [-0.2, -0.15) is 4.99 Å². The highest BCUT2D eigenvalue weighted by atomic mass is 32.1. The maximum Gasteiger partial charge on any atom is 0.347 e. The third-order valence-electron chi connectivity index (χ3n) is 15.5. The van der Waals surface area contributed by atoms with Gasteiger partial charge in [-0.1, -0.05) is 34.0 Å². The monoisotopic (exact) mass is 1780 g/mol. The number of nitrogens with zero attached hydrogens (tertiary/aromatic N) is 16. The molecule has 0 radical (unpaired) electrons. The molecule has 0 aliphatic carbocycles. The molecule has 15 rings (SSSR count). The minimum Gasteiger partial charge on any atom is -0.486 e. The summed E-state index contributed by atoms with van der Waals surface area (Å²) < 4.78 is 14.7. The van der Waals surface area contributed by atoms with Crippen LogP contribution in [0.4, 0.5) is 10.3 Å². The van der Waals surface area contributed by atoms with E-state index in [-0.39, 0.29) is 16.8 Å². The molecule has 15 aromatic heterocycles. The van der Waals surface area contributed by atoms with Crippen LogP contribution in [0.5, 0.6) is 5.19 Å². The highest BCUT2D eigenvalue weighted by molar-refractivity contribution is 7.24. The largest absolute Gasteiger partial charge is 0.486 e. The van der Waals surface area contributed by atoms with Crippen LogP contribution in [0.1, 0.15) is 84.8 Å². The van der Waals surface area contributed by atoms with Crippen molar-refractivity contribution in [1.29, 1.82) is 0 Å². The number of pyridine rings is 3. The second kappa shape index (κ2) is 48.9. The number of fused-ring (bicyclic) bond motifs is 1. The van der Waals surface area contributed by atoms with Crippen molar-refractivity contribution in [3.63, 3.8) is 0 Å². The number of H-pyrrole nitrogens is 1. The summed E-state index contributed by atoms with van der Waals surface area (Å²) in [5, 5.41) is 25.3. The molecule has 0 aromatic carbocycles. The van der Waals surface area contributed by atoms with E-state index in [4.69, 9.17) is 9.47 Å². The molecule has 0 amide bonds. The molecule has 0 unspecified atom stereocenters. The van der Waals surface area contributed by atoms with E-state index >= 15 is 0 Å². The van der Waals surface area contributed by atoms with Crippen LogP contribution in [0.15, 0.2) is 155 Å². The molecule has 0 spiro atoms. The summed E-state index contributed by atoms with van der Waals surface area (Å²) in [6, 6.07) is 10.5. The number of carbonyl (C=O) groups excluding carboxylic acids is 7. The number of anilines is 1. The molecule has 0 fully saturated rings. The molecule has 15 heterocycles. The lowest BCUT2D eigenvalue weighted by Crippen LogP contribution is -2.18. The molecule has 15 aromatic rings. The zero-order valence-electron chi connectivity index (χ0n) is 63.9. The lowest BCUT2D eigenvalue weighted by molar-refractivity contribution is -0.108. The standard InChI is InChI=1S/C13H11N3OS.C12H12N2O2S.C11H11N3O2S2.C11H11N3O2S.C11H10N2O2S.C10H11N3OS2.C10H10N2O2S2/c17-7-1-2-11-9-18-13(15-11)10-3-4-12-14-5-6-16(12)8-10;1-14-7-9(4-5-11(14)16)12-13-10(8-17-12)3-2-6-15;1-16-7-13-11-12-5-9(18-11)10-14-8(6-17-10)3-2-4-15;1-14-6-8(5-12-11(14)16)10-13-9(7-17-10)3-2-4-15;14-5-1-2-9-7-16-11(13-9)8-3-4-10(15)12-6-8;1-11-10-12-5-8(16-10)9-13-7(6-15-9)3-2-4-14;1-14-10-11-5-8(16-10)9-12-7(6-15-9)3-2-4-13/h3-9H,1-2H2;4-8H,2-3H2,1H3;4-7H,2-3H2,1H3;4-7H,2-3H2,1H3;3-7H,1-2H2,(H,12,15);4-6H,2-3H2,1H3,(H,11,12);4-6H,2-3H2,1H3. The average molecular weight is 1780 g/mol. The summed E-state index contributed by atoms with van der Waals surface area (Å²) in [6.45, 7) is 0. The molecule has 0 aliphatic heterocycles. The first-order valence-corrected chi connectivity index (χ1v) is 44.3. The molecule has 0 bridgehead atoms. The first-order valence-electron chi connectivity index (χ1n) is 35.7. The first kappa shape index (κ1) is 90.4. The summed E-state index contributed by atoms with van der Waals surface area (Å²) in [7, 11) is 8.35. The van der Waals surface area contributed by atoms with Crippen LogP contribution in [0.2, 0.25) is 0 Å². The number of aromatic nitrogens is 16. The number of ether oxygens (including phenoxy) is 2. The summed E-state index contributed by atoms with van der Waals surface area (Å²) in [5.74, 6) is 0. The van der Waals surface area contributed by atoms with Crippen LogP contribution in [-0.4, -0.2) is 150 Å². The van der Waals surface area contributed by atoms with Gasteiger partial charge in [0, 0.05) is 182 Å². The number of aromatic amines is 1. The number of hydrogen-bond acceptors (Lipinski definition) is 36. The number of imidazole rings is 1. The van der Waals surface area contributed by atoms with Gasteiger partial charge in [-0.3, -0.25) is 9.59 Å². The topological polar surface area (TPSA) is 398 Å². The van der Waals surface area contributed by atoms with Crippen molar-refractivity contribution in [3.05, 3.63) is 207 Å². The Bertz CT molecular complexity index is 5680. The third kappa shape index (κ3) is 28.7. The van der Waals surface area contributed by atoms with Crippen LogP contribution in [-0.2, 0) is 97.3 Å². The van der Waals surface area contributed by atoms with Crippen molar-refractivity contribution in [1.82, 2.24) is 78.3 Å². The van der Waals surface area contributed by atoms with Crippen LogP contribution in [0.25, 0.3) is 77.6 Å². The summed E-state index contributed by atoms with van der Waals surface area (Å²) in [4.78, 5) is 166. The Morgan fingerprint density at radius 3 is 1.26 bits per heavy atom. The van der Waals surface area contributed by atoms with Gasteiger partial charge in [-0.25, -0.2) is 64.6 Å². The molecule has 118 heavy (non-hydrogen) atoms. The Balaban J connectivity index is 0.000000157. The van der Waals surface area contributed by atoms with Crippen LogP contribution < -0.4 is 26.9 Å². The predicted molar refractivity (Wildman–Crippen MR) is 469 cm³/mol. The number of thiazole rings is 10. The Labute approximate surface area is 715 Å². The summed E-state index contributed by atoms with van der Waals surface area (Å²) in [5.41, 5.74) is 10.8. The van der Waals surface area contributed by atoms with Gasteiger partial charge >= 0.3 is 5.69 Å². The zero-order valence-corrected chi connectivity index (χ0v) is 72.1. The minimum atomic E-state index is -0.286. The number of methoxy groups -OCH3 is 2. The molecule has 0 aliphatic rings. The van der Waals surface area contributed by atoms with Crippen molar-refractivity contribution in [2.45, 2.75) is 89.9 Å². The maximum atomic E-state index is 11.3. The summed E-state index contributed by atoms with van der Waals surface area (Å²) >= 11 is 15.3. The van der Waals surface area contributed by atoms with Crippen molar-refractivity contribution in [2.24, 2.45) is 19.1 Å². The first-order chi connectivity index (χ1) is 57.6. The number of aliphatic imine (C=N–C) groups is 1. The number of carbonyl (C=O) groups is 7.